The van der Waals surface area contributed by atoms with Gasteiger partial charge < -0.3 is 5.73 Å². The Kier molecular flexibility index (Phi) is 3.28. The molecule has 0 aliphatic carbocycles. The second kappa shape index (κ2) is 4.75. The summed E-state index contributed by atoms with van der Waals surface area (Å²) >= 11 is 0. The number of imidazole rings is 1. The van der Waals surface area contributed by atoms with Crippen molar-refractivity contribution in [3.05, 3.63) is 47.3 Å². The van der Waals surface area contributed by atoms with E-state index < -0.39 is 11.7 Å². The van der Waals surface area contributed by atoms with Crippen LogP contribution in [-0.2, 0) is 6.18 Å². The highest BCUT2D eigenvalue weighted by atomic mass is 19.4. The Morgan fingerprint density at radius 2 is 2.11 bits per heavy atom. The number of nitrogens with two attached hydrogens (primary N) is 1. The quantitative estimate of drug-likeness (QED) is 0.851. The smallest absolute Gasteiger partial charge is 0.368 e. The molecule has 2 rings (SSSR count). The fourth-order valence-corrected chi connectivity index (χ4v) is 1.52. The van der Waals surface area contributed by atoms with Crippen LogP contribution in [-0.4, -0.2) is 15.9 Å². The van der Waals surface area contributed by atoms with Crippen LogP contribution >= 0.6 is 0 Å². The molecule has 1 aromatic carbocycles. The number of benzene rings is 1. The summed E-state index contributed by atoms with van der Waals surface area (Å²) in [6, 6.07) is 4.88. The van der Waals surface area contributed by atoms with Crippen LogP contribution in [0.15, 0.2) is 35.6 Å². The van der Waals surface area contributed by atoms with E-state index in [1.165, 1.54) is 23.0 Å². The van der Waals surface area contributed by atoms with Gasteiger partial charge in [0.1, 0.15) is 0 Å². The van der Waals surface area contributed by atoms with Gasteiger partial charge in [-0.2, -0.15) is 18.3 Å². The summed E-state index contributed by atoms with van der Waals surface area (Å²) in [5.74, 6) is 0.181. The Labute approximate surface area is 107 Å². The number of nitrogen functional groups attached to an aromatic ring is 1. The molecule has 0 unspecified atom stereocenters. The zero-order chi connectivity index (χ0) is 14.0. The summed E-state index contributed by atoms with van der Waals surface area (Å²) in [5, 5.41) is 3.96. The molecule has 0 spiro atoms. The molecule has 4 nitrogen and oxygen atoms in total. The van der Waals surface area contributed by atoms with Crippen molar-refractivity contribution in [3.63, 3.8) is 0 Å². The highest BCUT2D eigenvalue weighted by Crippen LogP contribution is 2.29. The third-order valence-corrected chi connectivity index (χ3v) is 2.38. The van der Waals surface area contributed by atoms with Crippen LogP contribution in [0.1, 0.15) is 16.8 Å². The molecule has 1 heterocycles. The fourth-order valence-electron chi connectivity index (χ4n) is 1.52. The predicted molar refractivity (Wildman–Crippen MR) is 65.8 cm³/mol. The van der Waals surface area contributed by atoms with Crippen molar-refractivity contribution in [1.29, 1.82) is 0 Å². The van der Waals surface area contributed by atoms with Crippen LogP contribution in [0.25, 0.3) is 0 Å². The second-order valence-corrected chi connectivity index (χ2v) is 3.95. The van der Waals surface area contributed by atoms with Gasteiger partial charge in [-0.15, -0.1) is 0 Å². The van der Waals surface area contributed by atoms with E-state index in [-0.39, 0.29) is 5.95 Å². The number of hydrogen-bond acceptors (Lipinski definition) is 3. The number of nitrogens with zero attached hydrogens (tertiary/aromatic N) is 3. The lowest BCUT2D eigenvalue weighted by atomic mass is 10.1. The molecule has 0 radical (unpaired) electrons. The summed E-state index contributed by atoms with van der Waals surface area (Å²) in [7, 11) is 0. The Balaban J connectivity index is 2.27. The Morgan fingerprint density at radius 3 is 2.68 bits per heavy atom. The summed E-state index contributed by atoms with van der Waals surface area (Å²) in [6.45, 7) is 1.74. The molecule has 0 fully saturated rings. The van der Waals surface area contributed by atoms with Crippen molar-refractivity contribution in [2.45, 2.75) is 13.1 Å². The highest BCUT2D eigenvalue weighted by Gasteiger charge is 2.30. The van der Waals surface area contributed by atoms with Gasteiger partial charge in [0.15, 0.2) is 0 Å². The normalized spacial score (nSPS) is 12.2. The van der Waals surface area contributed by atoms with Crippen LogP contribution in [0.2, 0.25) is 0 Å². The van der Waals surface area contributed by atoms with Gasteiger partial charge in [0.2, 0.25) is 5.95 Å². The maximum absolute atomic E-state index is 12.5. The molecule has 0 saturated heterocycles. The number of aryl methyl sites for hydroxylation is 1. The standard InChI is InChI=1S/C12H11F3N4/c1-8-7-19(11(16)18-8)17-6-9-3-2-4-10(5-9)12(13,14)15/h2-7H,1H3,(H2,16,18). The summed E-state index contributed by atoms with van der Waals surface area (Å²) in [6.07, 6.45) is -1.49. The first-order chi connectivity index (χ1) is 8.86. The van der Waals surface area contributed by atoms with Gasteiger partial charge in [-0.1, -0.05) is 12.1 Å². The van der Waals surface area contributed by atoms with E-state index in [1.54, 1.807) is 13.1 Å². The summed E-state index contributed by atoms with van der Waals surface area (Å²) < 4.78 is 38.9. The first kappa shape index (κ1) is 13.1. The van der Waals surface area contributed by atoms with Crippen molar-refractivity contribution in [1.82, 2.24) is 9.66 Å². The van der Waals surface area contributed by atoms with Gasteiger partial charge in [0, 0.05) is 0 Å². The monoisotopic (exact) mass is 268 g/mol. The third kappa shape index (κ3) is 3.12. The molecule has 1 aromatic heterocycles. The third-order valence-electron chi connectivity index (χ3n) is 2.38. The van der Waals surface area contributed by atoms with E-state index in [2.05, 4.69) is 10.1 Å². The Morgan fingerprint density at radius 1 is 1.37 bits per heavy atom. The molecule has 7 heteroatoms. The van der Waals surface area contributed by atoms with Crippen LogP contribution in [0.5, 0.6) is 0 Å². The number of rotatable bonds is 2. The highest BCUT2D eigenvalue weighted by molar-refractivity contribution is 5.79. The van der Waals surface area contributed by atoms with Crippen LogP contribution in [0.3, 0.4) is 0 Å². The minimum absolute atomic E-state index is 0.181. The van der Waals surface area contributed by atoms with Gasteiger partial charge in [-0.3, -0.25) is 0 Å². The molecule has 0 atom stereocenters. The lowest BCUT2D eigenvalue weighted by Crippen LogP contribution is -2.05. The molecule has 0 aliphatic heterocycles. The minimum atomic E-state index is -4.37. The molecule has 0 saturated carbocycles. The van der Waals surface area contributed by atoms with E-state index in [1.807, 2.05) is 0 Å². The van der Waals surface area contributed by atoms with E-state index in [0.29, 0.717) is 11.3 Å². The molecule has 19 heavy (non-hydrogen) atoms. The van der Waals surface area contributed by atoms with E-state index in [9.17, 15) is 13.2 Å². The van der Waals surface area contributed by atoms with Gasteiger partial charge in [-0.25, -0.2) is 9.66 Å². The first-order valence-corrected chi connectivity index (χ1v) is 5.39. The molecule has 0 aliphatic rings. The lowest BCUT2D eigenvalue weighted by Gasteiger charge is -2.06. The van der Waals surface area contributed by atoms with Crippen LogP contribution < -0.4 is 5.73 Å². The lowest BCUT2D eigenvalue weighted by molar-refractivity contribution is -0.137. The maximum Gasteiger partial charge on any atom is 0.416 e. The van der Waals surface area contributed by atoms with E-state index in [0.717, 1.165) is 12.1 Å². The average Bonchev–Trinajstić information content (AvgIpc) is 2.64. The largest absolute Gasteiger partial charge is 0.416 e. The Bertz CT molecular complexity index is 614. The number of aromatic nitrogens is 2. The molecular weight excluding hydrogens is 257 g/mol. The van der Waals surface area contributed by atoms with Crippen molar-refractivity contribution < 1.29 is 13.2 Å². The van der Waals surface area contributed by atoms with Crippen molar-refractivity contribution >= 4 is 12.2 Å². The molecule has 2 aromatic rings. The van der Waals surface area contributed by atoms with E-state index >= 15 is 0 Å². The van der Waals surface area contributed by atoms with Crippen molar-refractivity contribution in [2.75, 3.05) is 5.73 Å². The molecule has 100 valence electrons. The minimum Gasteiger partial charge on any atom is -0.368 e. The van der Waals surface area contributed by atoms with Crippen molar-refractivity contribution in [2.24, 2.45) is 5.10 Å². The number of alkyl halides is 3. The second-order valence-electron chi connectivity index (χ2n) is 3.95. The van der Waals surface area contributed by atoms with Gasteiger partial charge in [-0.05, 0) is 24.6 Å². The number of anilines is 1. The fraction of sp³-hybridized carbons (Fsp3) is 0.167. The molecule has 2 N–H and O–H groups in total. The summed E-state index contributed by atoms with van der Waals surface area (Å²) in [5.41, 5.74) is 5.86. The van der Waals surface area contributed by atoms with Gasteiger partial charge in [0.05, 0.1) is 23.7 Å². The Hall–Kier alpha value is -2.31. The number of halogens is 3. The van der Waals surface area contributed by atoms with Crippen LogP contribution in [0.4, 0.5) is 19.1 Å². The van der Waals surface area contributed by atoms with E-state index in [4.69, 9.17) is 5.73 Å². The van der Waals surface area contributed by atoms with Gasteiger partial charge >= 0.3 is 6.18 Å². The SMILES string of the molecule is Cc1cn(N=Cc2cccc(C(F)(F)F)c2)c(N)n1. The number of hydrogen-bond donors (Lipinski definition) is 1. The molecule has 0 bridgehead atoms. The molecule has 0 amide bonds. The zero-order valence-corrected chi connectivity index (χ0v) is 10.0. The first-order valence-electron chi connectivity index (χ1n) is 5.39. The van der Waals surface area contributed by atoms with Crippen molar-refractivity contribution in [3.8, 4) is 0 Å². The molecular formula is C12H11F3N4. The summed E-state index contributed by atoms with van der Waals surface area (Å²) in [4.78, 5) is 3.93. The topological polar surface area (TPSA) is 56.2 Å². The average molecular weight is 268 g/mol. The van der Waals surface area contributed by atoms with Crippen LogP contribution in [0, 0.1) is 6.92 Å². The van der Waals surface area contributed by atoms with Gasteiger partial charge in [0.25, 0.3) is 0 Å². The predicted octanol–water partition coefficient (Wildman–Crippen LogP) is 2.67. The maximum atomic E-state index is 12.5. The zero-order valence-electron chi connectivity index (χ0n) is 10.0.